The van der Waals surface area contributed by atoms with E-state index in [0.29, 0.717) is 11.4 Å². The molecular weight excluding hydrogens is 244 g/mol. The van der Waals surface area contributed by atoms with E-state index in [1.807, 2.05) is 32.0 Å². The lowest BCUT2D eigenvalue weighted by Gasteiger charge is -2.09. The molecule has 0 saturated carbocycles. The van der Waals surface area contributed by atoms with Gasteiger partial charge >= 0.3 is 5.97 Å². The van der Waals surface area contributed by atoms with E-state index < -0.39 is 5.97 Å². The normalized spacial score (nSPS) is 10.2. The lowest BCUT2D eigenvalue weighted by Crippen LogP contribution is -2.08. The molecule has 1 aromatic carbocycles. The monoisotopic (exact) mass is 258 g/mol. The number of carbonyl (C=O) groups is 1. The molecule has 0 amide bonds. The highest BCUT2D eigenvalue weighted by Crippen LogP contribution is 2.18. The van der Waals surface area contributed by atoms with Crippen molar-refractivity contribution in [2.75, 3.05) is 0 Å². The van der Waals surface area contributed by atoms with Crippen molar-refractivity contribution >= 4 is 5.97 Å². The Morgan fingerprint density at radius 3 is 2.79 bits per heavy atom. The Balaban J connectivity index is 2.14. The largest absolute Gasteiger partial charge is 0.487 e. The molecule has 1 aromatic heterocycles. The van der Waals surface area contributed by atoms with Gasteiger partial charge in [-0.3, -0.25) is 0 Å². The van der Waals surface area contributed by atoms with Gasteiger partial charge in [0, 0.05) is 6.20 Å². The summed E-state index contributed by atoms with van der Waals surface area (Å²) in [5.74, 6) is -0.364. The van der Waals surface area contributed by atoms with Crippen LogP contribution < -0.4 is 4.74 Å². The highest BCUT2D eigenvalue weighted by molar-refractivity contribution is 5.88. The van der Waals surface area contributed by atoms with E-state index in [9.17, 15) is 4.79 Å². The molecule has 5 nitrogen and oxygen atoms in total. The summed E-state index contributed by atoms with van der Waals surface area (Å²) in [6.07, 6.45) is 2.58. The molecule has 0 spiro atoms. The maximum Gasteiger partial charge on any atom is 0.339 e. The fourth-order valence-corrected chi connectivity index (χ4v) is 1.60. The molecule has 0 unspecified atom stereocenters. The molecule has 98 valence electrons. The minimum atomic E-state index is -1.06. The first-order chi connectivity index (χ1) is 9.08. The quantitative estimate of drug-likeness (QED) is 0.911. The Kier molecular flexibility index (Phi) is 3.75. The van der Waals surface area contributed by atoms with Gasteiger partial charge in [-0.1, -0.05) is 6.07 Å². The Morgan fingerprint density at radius 1 is 1.32 bits per heavy atom. The number of benzene rings is 1. The van der Waals surface area contributed by atoms with Crippen molar-refractivity contribution in [3.63, 3.8) is 0 Å². The Bertz CT molecular complexity index is 611. The third-order valence-corrected chi connectivity index (χ3v) is 2.88. The second kappa shape index (κ2) is 5.48. The number of rotatable bonds is 4. The van der Waals surface area contributed by atoms with Crippen LogP contribution in [0.1, 0.15) is 27.2 Å². The molecule has 0 aliphatic heterocycles. The van der Waals surface area contributed by atoms with Gasteiger partial charge in [-0.15, -0.1) is 0 Å². The highest BCUT2D eigenvalue weighted by Gasteiger charge is 2.11. The van der Waals surface area contributed by atoms with Crippen molar-refractivity contribution in [3.8, 4) is 5.75 Å². The number of nitrogens with zero attached hydrogens (tertiary/aromatic N) is 2. The summed E-state index contributed by atoms with van der Waals surface area (Å²) in [5.41, 5.74) is 2.73. The second-order valence-electron chi connectivity index (χ2n) is 4.22. The molecule has 2 aromatic rings. The number of hydrogen-bond acceptors (Lipinski definition) is 4. The SMILES string of the molecule is Cc1ccc(OCc2ncncc2C(=O)O)cc1C. The summed E-state index contributed by atoms with van der Waals surface area (Å²) in [4.78, 5) is 18.6. The van der Waals surface area contributed by atoms with E-state index in [-0.39, 0.29) is 12.2 Å². The lowest BCUT2D eigenvalue weighted by molar-refractivity contribution is 0.0692. The molecule has 1 N–H and O–H groups in total. The van der Waals surface area contributed by atoms with Crippen molar-refractivity contribution in [1.29, 1.82) is 0 Å². The first-order valence-electron chi connectivity index (χ1n) is 5.80. The van der Waals surface area contributed by atoms with Crippen molar-refractivity contribution in [2.45, 2.75) is 20.5 Å². The topological polar surface area (TPSA) is 72.3 Å². The third kappa shape index (κ3) is 3.07. The number of carboxylic acids is 1. The van der Waals surface area contributed by atoms with Gasteiger partial charge < -0.3 is 9.84 Å². The van der Waals surface area contributed by atoms with E-state index in [1.54, 1.807) is 0 Å². The van der Waals surface area contributed by atoms with Crippen molar-refractivity contribution in [1.82, 2.24) is 9.97 Å². The Morgan fingerprint density at radius 2 is 2.11 bits per heavy atom. The molecule has 0 atom stereocenters. The predicted molar refractivity (Wildman–Crippen MR) is 69.2 cm³/mol. The number of hydrogen-bond donors (Lipinski definition) is 1. The minimum absolute atomic E-state index is 0.0614. The zero-order valence-corrected chi connectivity index (χ0v) is 10.8. The Labute approximate surface area is 110 Å². The zero-order valence-electron chi connectivity index (χ0n) is 10.8. The van der Waals surface area contributed by atoms with Crippen LogP contribution in [0.4, 0.5) is 0 Å². The van der Waals surface area contributed by atoms with Crippen LogP contribution in [0.2, 0.25) is 0 Å². The Hall–Kier alpha value is -2.43. The summed E-state index contributed by atoms with van der Waals surface area (Å²) < 4.78 is 5.57. The maximum absolute atomic E-state index is 11.0. The average Bonchev–Trinajstić information content (AvgIpc) is 2.40. The van der Waals surface area contributed by atoms with E-state index in [1.165, 1.54) is 18.1 Å². The van der Waals surface area contributed by atoms with Crippen LogP contribution in [0.5, 0.6) is 5.75 Å². The maximum atomic E-state index is 11.0. The van der Waals surface area contributed by atoms with Crippen LogP contribution in [0.3, 0.4) is 0 Å². The van der Waals surface area contributed by atoms with E-state index in [0.717, 1.165) is 5.56 Å². The van der Waals surface area contributed by atoms with Gasteiger partial charge in [-0.05, 0) is 37.1 Å². The molecule has 5 heteroatoms. The third-order valence-electron chi connectivity index (χ3n) is 2.88. The number of aromatic nitrogens is 2. The molecule has 1 heterocycles. The van der Waals surface area contributed by atoms with E-state index >= 15 is 0 Å². The van der Waals surface area contributed by atoms with Crippen LogP contribution in [0, 0.1) is 13.8 Å². The molecule has 2 rings (SSSR count). The fourth-order valence-electron chi connectivity index (χ4n) is 1.60. The van der Waals surface area contributed by atoms with Crippen LogP contribution in [-0.4, -0.2) is 21.0 Å². The van der Waals surface area contributed by atoms with Crippen LogP contribution in [-0.2, 0) is 6.61 Å². The molecule has 0 aliphatic carbocycles. The molecule has 19 heavy (non-hydrogen) atoms. The smallest absolute Gasteiger partial charge is 0.339 e. The molecule has 0 aliphatic rings. The number of carboxylic acid groups (broad SMARTS) is 1. The van der Waals surface area contributed by atoms with Gasteiger partial charge in [0.15, 0.2) is 0 Å². The van der Waals surface area contributed by atoms with Gasteiger partial charge in [0.25, 0.3) is 0 Å². The van der Waals surface area contributed by atoms with Crippen molar-refractivity contribution < 1.29 is 14.6 Å². The van der Waals surface area contributed by atoms with Gasteiger partial charge in [0.1, 0.15) is 24.2 Å². The van der Waals surface area contributed by atoms with Crippen molar-refractivity contribution in [3.05, 3.63) is 53.1 Å². The van der Waals surface area contributed by atoms with Gasteiger partial charge in [-0.2, -0.15) is 0 Å². The zero-order chi connectivity index (χ0) is 13.8. The van der Waals surface area contributed by atoms with Crippen molar-refractivity contribution in [2.24, 2.45) is 0 Å². The highest BCUT2D eigenvalue weighted by atomic mass is 16.5. The number of aryl methyl sites for hydroxylation is 2. The van der Waals surface area contributed by atoms with Gasteiger partial charge in [0.05, 0.1) is 5.69 Å². The average molecular weight is 258 g/mol. The minimum Gasteiger partial charge on any atom is -0.487 e. The summed E-state index contributed by atoms with van der Waals surface area (Å²) in [7, 11) is 0. The first kappa shape index (κ1) is 13.0. The number of aromatic carboxylic acids is 1. The lowest BCUT2D eigenvalue weighted by atomic mass is 10.1. The van der Waals surface area contributed by atoms with E-state index in [4.69, 9.17) is 9.84 Å². The molecule has 0 fully saturated rings. The molecule has 0 bridgehead atoms. The summed E-state index contributed by atoms with van der Waals surface area (Å²) in [6.45, 7) is 4.12. The number of ether oxygens (including phenoxy) is 1. The summed E-state index contributed by atoms with van der Waals surface area (Å²) in [6, 6.07) is 5.73. The second-order valence-corrected chi connectivity index (χ2v) is 4.22. The first-order valence-corrected chi connectivity index (χ1v) is 5.80. The van der Waals surface area contributed by atoms with Crippen LogP contribution in [0.15, 0.2) is 30.7 Å². The van der Waals surface area contributed by atoms with E-state index in [2.05, 4.69) is 9.97 Å². The van der Waals surface area contributed by atoms with Gasteiger partial charge in [0.2, 0.25) is 0 Å². The van der Waals surface area contributed by atoms with Crippen LogP contribution >= 0.6 is 0 Å². The molecule has 0 radical (unpaired) electrons. The predicted octanol–water partition coefficient (Wildman–Crippen LogP) is 2.37. The standard InChI is InChI=1S/C14H14N2O3/c1-9-3-4-11(5-10(9)2)19-7-13-12(14(17)18)6-15-8-16-13/h3-6,8H,7H2,1-2H3,(H,17,18). The van der Waals surface area contributed by atoms with Gasteiger partial charge in [-0.25, -0.2) is 14.8 Å². The summed E-state index contributed by atoms with van der Waals surface area (Å²) in [5, 5.41) is 9.01. The molecule has 0 saturated heterocycles. The summed E-state index contributed by atoms with van der Waals surface area (Å²) >= 11 is 0. The molecular formula is C14H14N2O3. The fraction of sp³-hybridized carbons (Fsp3) is 0.214. The van der Waals surface area contributed by atoms with Crippen LogP contribution in [0.25, 0.3) is 0 Å².